The molecule has 1 aliphatic rings. The second-order valence-corrected chi connectivity index (χ2v) is 7.49. The Morgan fingerprint density at radius 2 is 2.11 bits per heavy atom. The van der Waals surface area contributed by atoms with Gasteiger partial charge in [-0.3, -0.25) is 19.1 Å². The van der Waals surface area contributed by atoms with Crippen molar-refractivity contribution in [3.05, 3.63) is 62.3 Å². The first kappa shape index (κ1) is 17.5. The van der Waals surface area contributed by atoms with Crippen LogP contribution in [0.2, 0.25) is 0 Å². The van der Waals surface area contributed by atoms with E-state index in [0.717, 1.165) is 12.2 Å². The zero-order chi connectivity index (χ0) is 19.1. The number of aromatic nitrogens is 3. The van der Waals surface area contributed by atoms with E-state index in [9.17, 15) is 14.4 Å². The lowest BCUT2D eigenvalue weighted by atomic mass is 9.81. The summed E-state index contributed by atoms with van der Waals surface area (Å²) in [5.74, 6) is 0.942. The van der Waals surface area contributed by atoms with Crippen LogP contribution >= 0.6 is 0 Å². The van der Waals surface area contributed by atoms with Crippen LogP contribution in [0.4, 0.5) is 0 Å². The van der Waals surface area contributed by atoms with E-state index in [1.165, 1.54) is 10.8 Å². The number of aryl methyl sites for hydroxylation is 1. The molecule has 4 rings (SSSR count). The molecule has 0 aliphatic heterocycles. The van der Waals surface area contributed by atoms with E-state index in [1.54, 1.807) is 12.3 Å². The first-order chi connectivity index (χ1) is 13.0. The highest BCUT2D eigenvalue weighted by Gasteiger charge is 2.31. The number of pyridine rings is 1. The van der Waals surface area contributed by atoms with Crippen LogP contribution in [0.3, 0.4) is 0 Å². The van der Waals surface area contributed by atoms with Crippen molar-refractivity contribution in [1.82, 2.24) is 14.5 Å². The van der Waals surface area contributed by atoms with E-state index in [0.29, 0.717) is 47.5 Å². The number of aromatic amines is 1. The van der Waals surface area contributed by atoms with Gasteiger partial charge in [-0.15, -0.1) is 0 Å². The molecule has 3 heterocycles. The number of Topliss-reactive ketones (excluding diaryl/α,β-unsaturated/α-hetero) is 1. The van der Waals surface area contributed by atoms with E-state index in [1.807, 2.05) is 6.07 Å². The van der Waals surface area contributed by atoms with Crippen LogP contribution in [0.15, 0.2) is 38.6 Å². The Morgan fingerprint density at radius 3 is 2.81 bits per heavy atom. The van der Waals surface area contributed by atoms with Crippen molar-refractivity contribution in [2.24, 2.45) is 5.92 Å². The van der Waals surface area contributed by atoms with Crippen LogP contribution in [0.5, 0.6) is 0 Å². The van der Waals surface area contributed by atoms with Gasteiger partial charge in [0.25, 0.3) is 5.56 Å². The fraction of sp³-hybridized carbons (Fsp3) is 0.400. The van der Waals surface area contributed by atoms with Gasteiger partial charge in [0, 0.05) is 30.6 Å². The topological polar surface area (TPSA) is 98.0 Å². The highest BCUT2D eigenvalue weighted by molar-refractivity contribution is 6.02. The zero-order valence-electron chi connectivity index (χ0n) is 15.3. The fourth-order valence-electron chi connectivity index (χ4n) is 3.73. The summed E-state index contributed by atoms with van der Waals surface area (Å²) in [6.07, 6.45) is 4.69. The number of rotatable bonds is 4. The third kappa shape index (κ3) is 3.03. The molecule has 0 spiro atoms. The van der Waals surface area contributed by atoms with E-state index < -0.39 is 11.2 Å². The molecular formula is C20H21N3O4. The van der Waals surface area contributed by atoms with Gasteiger partial charge in [-0.05, 0) is 36.5 Å². The number of H-pyrrole nitrogens is 1. The molecule has 7 heteroatoms. The average Bonchev–Trinajstić information content (AvgIpc) is 3.15. The number of fused-ring (bicyclic) bond motifs is 3. The van der Waals surface area contributed by atoms with Crippen molar-refractivity contribution >= 4 is 16.8 Å². The molecule has 0 unspecified atom stereocenters. The third-order valence-corrected chi connectivity index (χ3v) is 5.17. The maximum absolute atomic E-state index is 12.7. The average molecular weight is 367 g/mol. The Balaban J connectivity index is 1.91. The molecule has 1 atom stereocenters. The molecule has 0 amide bonds. The van der Waals surface area contributed by atoms with E-state index in [4.69, 9.17) is 4.42 Å². The van der Waals surface area contributed by atoms with Gasteiger partial charge in [-0.2, -0.15) is 0 Å². The molecule has 1 N–H and O–H groups in total. The summed E-state index contributed by atoms with van der Waals surface area (Å²) in [6, 6.07) is 3.63. The summed E-state index contributed by atoms with van der Waals surface area (Å²) in [4.78, 5) is 44.3. The number of ketones is 1. The number of nitrogens with one attached hydrogen (secondary N) is 1. The normalized spacial score (nSPS) is 16.9. The van der Waals surface area contributed by atoms with Gasteiger partial charge in [0.2, 0.25) is 0 Å². The van der Waals surface area contributed by atoms with E-state index >= 15 is 0 Å². The Morgan fingerprint density at radius 1 is 1.30 bits per heavy atom. The maximum Gasteiger partial charge on any atom is 0.329 e. The minimum atomic E-state index is -0.493. The fourth-order valence-corrected chi connectivity index (χ4v) is 3.73. The highest BCUT2D eigenvalue weighted by Crippen LogP contribution is 2.34. The Labute approximate surface area is 155 Å². The molecule has 140 valence electrons. The molecule has 0 radical (unpaired) electrons. The van der Waals surface area contributed by atoms with Crippen LogP contribution in [0.1, 0.15) is 54.3 Å². The first-order valence-electron chi connectivity index (χ1n) is 9.17. The van der Waals surface area contributed by atoms with Crippen molar-refractivity contribution in [3.8, 4) is 0 Å². The predicted octanol–water partition coefficient (Wildman–Crippen LogP) is 2.64. The Kier molecular flexibility index (Phi) is 4.30. The number of nitrogens with zero attached hydrogens (tertiary/aromatic N) is 2. The predicted molar refractivity (Wildman–Crippen MR) is 100 cm³/mol. The lowest BCUT2D eigenvalue weighted by molar-refractivity contribution is 0.0960. The van der Waals surface area contributed by atoms with Crippen LogP contribution in [0, 0.1) is 5.92 Å². The maximum atomic E-state index is 12.7. The summed E-state index contributed by atoms with van der Waals surface area (Å²) >= 11 is 0. The molecule has 1 aliphatic carbocycles. The van der Waals surface area contributed by atoms with E-state index in [2.05, 4.69) is 23.8 Å². The van der Waals surface area contributed by atoms with Gasteiger partial charge < -0.3 is 4.42 Å². The number of hydrogen-bond acceptors (Lipinski definition) is 5. The minimum absolute atomic E-state index is 0.0635. The van der Waals surface area contributed by atoms with Gasteiger partial charge >= 0.3 is 5.69 Å². The molecule has 7 nitrogen and oxygen atoms in total. The number of hydrogen-bond donors (Lipinski definition) is 1. The van der Waals surface area contributed by atoms with Crippen molar-refractivity contribution in [2.45, 2.75) is 45.6 Å². The Hall–Kier alpha value is -2.96. The SMILES string of the molecule is CC(C)CCn1c(=O)[nH]c(=O)c2c3c(cnc21)C(=O)C[C@H](c1ccco1)C3. The molecule has 0 saturated carbocycles. The summed E-state index contributed by atoms with van der Waals surface area (Å²) < 4.78 is 6.98. The highest BCUT2D eigenvalue weighted by atomic mass is 16.3. The number of carbonyl (C=O) groups excluding carboxylic acids is 1. The molecule has 0 bridgehead atoms. The molecule has 0 aromatic carbocycles. The lowest BCUT2D eigenvalue weighted by Crippen LogP contribution is -2.33. The smallest absolute Gasteiger partial charge is 0.329 e. The first-order valence-corrected chi connectivity index (χ1v) is 9.17. The summed E-state index contributed by atoms with van der Waals surface area (Å²) in [7, 11) is 0. The molecule has 3 aromatic rings. The molecule has 27 heavy (non-hydrogen) atoms. The molecule has 0 fully saturated rings. The third-order valence-electron chi connectivity index (χ3n) is 5.17. The largest absolute Gasteiger partial charge is 0.469 e. The van der Waals surface area contributed by atoms with Crippen LogP contribution in [0.25, 0.3) is 11.0 Å². The number of carbonyl (C=O) groups is 1. The van der Waals surface area contributed by atoms with Crippen molar-refractivity contribution < 1.29 is 9.21 Å². The summed E-state index contributed by atoms with van der Waals surface area (Å²) in [5, 5.41) is 0.334. The van der Waals surface area contributed by atoms with Crippen molar-refractivity contribution in [2.75, 3.05) is 0 Å². The molecule has 0 saturated heterocycles. The van der Waals surface area contributed by atoms with Crippen LogP contribution < -0.4 is 11.2 Å². The Bertz CT molecular complexity index is 1120. The summed E-state index contributed by atoms with van der Waals surface area (Å²) in [6.45, 7) is 4.60. The monoisotopic (exact) mass is 367 g/mol. The van der Waals surface area contributed by atoms with Gasteiger partial charge in [-0.1, -0.05) is 13.8 Å². The second kappa shape index (κ2) is 6.64. The van der Waals surface area contributed by atoms with Gasteiger partial charge in [0.1, 0.15) is 11.4 Å². The summed E-state index contributed by atoms with van der Waals surface area (Å²) in [5.41, 5.74) is 0.497. The van der Waals surface area contributed by atoms with Crippen molar-refractivity contribution in [1.29, 1.82) is 0 Å². The van der Waals surface area contributed by atoms with Crippen LogP contribution in [-0.4, -0.2) is 20.3 Å². The number of furan rings is 1. The lowest BCUT2D eigenvalue weighted by Gasteiger charge is -2.23. The van der Waals surface area contributed by atoms with Crippen LogP contribution in [-0.2, 0) is 13.0 Å². The van der Waals surface area contributed by atoms with Crippen molar-refractivity contribution in [3.63, 3.8) is 0 Å². The standard InChI is InChI=1S/C20H21N3O4/c1-11(2)5-6-23-18-17(19(25)22-20(23)26)13-8-12(16-4-3-7-27-16)9-15(24)14(13)10-21-18/h3-4,7,10-12H,5-6,8-9H2,1-2H3,(H,22,25,26)/t12-/m1/s1. The quantitative estimate of drug-likeness (QED) is 0.764. The minimum Gasteiger partial charge on any atom is -0.469 e. The van der Waals surface area contributed by atoms with E-state index in [-0.39, 0.29) is 11.7 Å². The zero-order valence-corrected chi connectivity index (χ0v) is 15.3. The van der Waals surface area contributed by atoms with Gasteiger partial charge in [-0.25, -0.2) is 9.78 Å². The second-order valence-electron chi connectivity index (χ2n) is 7.49. The van der Waals surface area contributed by atoms with Gasteiger partial charge in [0.15, 0.2) is 5.78 Å². The molecule has 3 aromatic heterocycles. The van der Waals surface area contributed by atoms with Gasteiger partial charge in [0.05, 0.1) is 11.6 Å². The molecular weight excluding hydrogens is 346 g/mol.